The Kier molecular flexibility index (Phi) is 6.06. The van der Waals surface area contributed by atoms with Gasteiger partial charge in [-0.25, -0.2) is 13.8 Å². The summed E-state index contributed by atoms with van der Waals surface area (Å²) >= 11 is 0. The van der Waals surface area contributed by atoms with Gasteiger partial charge in [-0.3, -0.25) is 9.20 Å². The van der Waals surface area contributed by atoms with Crippen molar-refractivity contribution in [3.63, 3.8) is 0 Å². The third-order valence-electron chi connectivity index (χ3n) is 6.01. The van der Waals surface area contributed by atoms with Gasteiger partial charge in [-0.1, -0.05) is 6.07 Å². The van der Waals surface area contributed by atoms with Gasteiger partial charge < -0.3 is 15.0 Å². The molecular weight excluding hydrogens is 402 g/mol. The number of alkyl halides is 2. The highest BCUT2D eigenvalue weighted by molar-refractivity contribution is 5.94. The van der Waals surface area contributed by atoms with Gasteiger partial charge in [0, 0.05) is 30.9 Å². The quantitative estimate of drug-likeness (QED) is 0.630. The zero-order valence-electron chi connectivity index (χ0n) is 17.6. The summed E-state index contributed by atoms with van der Waals surface area (Å²) in [6, 6.07) is 12.9. The van der Waals surface area contributed by atoms with E-state index in [4.69, 9.17) is 4.74 Å². The molecule has 1 aliphatic carbocycles. The maximum absolute atomic E-state index is 13.1. The lowest BCUT2D eigenvalue weighted by molar-refractivity contribution is 0.0925. The number of hydrogen-bond donors (Lipinski definition) is 1. The third-order valence-corrected chi connectivity index (χ3v) is 6.01. The summed E-state index contributed by atoms with van der Waals surface area (Å²) < 4.78 is 33.0. The fourth-order valence-electron chi connectivity index (χ4n) is 4.21. The van der Waals surface area contributed by atoms with Crippen LogP contribution in [0.3, 0.4) is 0 Å². The average molecular weight is 428 g/mol. The van der Waals surface area contributed by atoms with Crippen molar-refractivity contribution in [1.82, 2.24) is 14.7 Å². The minimum atomic E-state index is -2.59. The summed E-state index contributed by atoms with van der Waals surface area (Å²) in [5.41, 5.74) is 0.910. The predicted octanol–water partition coefficient (Wildman–Crippen LogP) is 4.46. The van der Waals surface area contributed by atoms with Gasteiger partial charge in [-0.05, 0) is 62.1 Å². The number of benzene rings is 1. The zero-order valence-corrected chi connectivity index (χ0v) is 17.6. The molecule has 0 radical (unpaired) electrons. The summed E-state index contributed by atoms with van der Waals surface area (Å²) in [5.74, 6) is 1.47. The Labute approximate surface area is 179 Å². The van der Waals surface area contributed by atoms with Crippen molar-refractivity contribution in [3.8, 4) is 5.75 Å². The Hall–Kier alpha value is -3.16. The molecule has 0 aliphatic heterocycles. The van der Waals surface area contributed by atoms with Gasteiger partial charge in [-0.15, -0.1) is 0 Å². The number of carbonyl (C=O) groups is 1. The van der Waals surface area contributed by atoms with Crippen molar-refractivity contribution in [1.29, 1.82) is 0 Å². The number of nitrogens with one attached hydrogen (secondary N) is 1. The largest absolute Gasteiger partial charge is 0.497 e. The summed E-state index contributed by atoms with van der Waals surface area (Å²) in [4.78, 5) is 18.7. The number of rotatable bonds is 6. The number of hydrogen-bond acceptors (Lipinski definition) is 4. The van der Waals surface area contributed by atoms with E-state index >= 15 is 0 Å². The van der Waals surface area contributed by atoms with Crippen LogP contribution in [0, 0.1) is 0 Å². The number of ether oxygens (including phenoxy) is 1. The molecule has 4 rings (SSSR count). The van der Waals surface area contributed by atoms with Gasteiger partial charge in [0.25, 0.3) is 12.3 Å². The molecule has 1 amide bonds. The standard InChI is InChI=1S/C23H26F2N4O2/c1-28(21-5-3-4-20-27-19(22(24)25)14-29(20)21)17-10-8-16(9-11-17)26-23(30)15-6-12-18(31-2)13-7-15/h3-7,12-14,16-17,22H,8-11H2,1-2H3,(H,26,30). The number of amides is 1. The topological polar surface area (TPSA) is 58.9 Å². The Morgan fingerprint density at radius 2 is 1.87 bits per heavy atom. The first-order chi connectivity index (χ1) is 15.0. The van der Waals surface area contributed by atoms with Crippen molar-refractivity contribution in [2.45, 2.75) is 44.2 Å². The van der Waals surface area contributed by atoms with Gasteiger partial charge in [-0.2, -0.15) is 0 Å². The average Bonchev–Trinajstić information content (AvgIpc) is 3.24. The van der Waals surface area contributed by atoms with Crippen LogP contribution in [0.4, 0.5) is 14.6 Å². The Morgan fingerprint density at radius 1 is 1.16 bits per heavy atom. The van der Waals surface area contributed by atoms with E-state index in [0.717, 1.165) is 31.5 Å². The normalized spacial score (nSPS) is 18.9. The molecule has 1 aromatic carbocycles. The minimum absolute atomic E-state index is 0.0813. The van der Waals surface area contributed by atoms with Crippen LogP contribution in [0.5, 0.6) is 5.75 Å². The number of aromatic nitrogens is 2. The Morgan fingerprint density at radius 3 is 2.52 bits per heavy atom. The molecule has 0 bridgehead atoms. The first-order valence-corrected chi connectivity index (χ1v) is 10.4. The fraction of sp³-hybridized carbons (Fsp3) is 0.391. The molecule has 2 aromatic heterocycles. The molecule has 0 saturated heterocycles. The van der Waals surface area contributed by atoms with E-state index in [1.165, 1.54) is 6.20 Å². The molecule has 6 nitrogen and oxygen atoms in total. The maximum atomic E-state index is 13.1. The van der Waals surface area contributed by atoms with E-state index < -0.39 is 6.43 Å². The number of carbonyl (C=O) groups excluding carboxylic acids is 1. The number of anilines is 1. The lowest BCUT2D eigenvalue weighted by atomic mass is 9.90. The molecule has 0 unspecified atom stereocenters. The van der Waals surface area contributed by atoms with Crippen molar-refractivity contribution in [2.24, 2.45) is 0 Å². The van der Waals surface area contributed by atoms with Crippen LogP contribution in [-0.4, -0.2) is 41.5 Å². The second-order valence-electron chi connectivity index (χ2n) is 7.90. The van der Waals surface area contributed by atoms with E-state index in [-0.39, 0.29) is 23.7 Å². The summed E-state index contributed by atoms with van der Waals surface area (Å²) in [5, 5.41) is 3.12. The Balaban J connectivity index is 1.38. The van der Waals surface area contributed by atoms with Crippen LogP contribution in [0.1, 0.15) is 48.2 Å². The molecule has 0 spiro atoms. The smallest absolute Gasteiger partial charge is 0.281 e. The molecule has 1 saturated carbocycles. The highest BCUT2D eigenvalue weighted by Crippen LogP contribution is 2.28. The third kappa shape index (κ3) is 4.47. The predicted molar refractivity (Wildman–Crippen MR) is 115 cm³/mol. The number of nitrogens with zero attached hydrogens (tertiary/aromatic N) is 3. The minimum Gasteiger partial charge on any atom is -0.497 e. The number of halogens is 2. The van der Waals surface area contributed by atoms with Gasteiger partial charge in [0.1, 0.15) is 22.9 Å². The summed E-state index contributed by atoms with van der Waals surface area (Å²) in [6.45, 7) is 0. The van der Waals surface area contributed by atoms with Gasteiger partial charge in [0.05, 0.1) is 7.11 Å². The fourth-order valence-corrected chi connectivity index (χ4v) is 4.21. The van der Waals surface area contributed by atoms with Crippen LogP contribution in [0.15, 0.2) is 48.7 Å². The highest BCUT2D eigenvalue weighted by Gasteiger charge is 2.26. The van der Waals surface area contributed by atoms with Gasteiger partial charge in [0.2, 0.25) is 0 Å². The molecule has 8 heteroatoms. The van der Waals surface area contributed by atoms with Crippen molar-refractivity contribution in [2.75, 3.05) is 19.1 Å². The van der Waals surface area contributed by atoms with Crippen LogP contribution in [0.25, 0.3) is 5.65 Å². The van der Waals surface area contributed by atoms with Crippen LogP contribution >= 0.6 is 0 Å². The SMILES string of the molecule is COc1ccc(C(=O)NC2CCC(N(C)c3cccc4nc(C(F)F)cn34)CC2)cc1. The van der Waals surface area contributed by atoms with E-state index in [9.17, 15) is 13.6 Å². The molecule has 1 N–H and O–H groups in total. The maximum Gasteiger partial charge on any atom is 0.281 e. The van der Waals surface area contributed by atoms with Crippen LogP contribution in [0.2, 0.25) is 0 Å². The Bertz CT molecular complexity index is 1040. The summed E-state index contributed by atoms with van der Waals surface area (Å²) in [7, 11) is 3.58. The van der Waals surface area contributed by atoms with E-state index in [1.54, 1.807) is 41.8 Å². The van der Waals surface area contributed by atoms with Crippen molar-refractivity contribution in [3.05, 3.63) is 59.9 Å². The van der Waals surface area contributed by atoms with Gasteiger partial charge in [0.15, 0.2) is 0 Å². The number of pyridine rings is 1. The number of imidazole rings is 1. The van der Waals surface area contributed by atoms with Crippen molar-refractivity contribution < 1.29 is 18.3 Å². The lowest BCUT2D eigenvalue weighted by Crippen LogP contribution is -2.43. The summed E-state index contributed by atoms with van der Waals surface area (Å²) in [6.07, 6.45) is 2.33. The van der Waals surface area contributed by atoms with Gasteiger partial charge >= 0.3 is 0 Å². The first-order valence-electron chi connectivity index (χ1n) is 10.4. The molecule has 1 fully saturated rings. The number of methoxy groups -OCH3 is 1. The number of fused-ring (bicyclic) bond motifs is 1. The van der Waals surface area contributed by atoms with Crippen LogP contribution < -0.4 is 15.0 Å². The molecule has 3 aromatic rings. The van der Waals surface area contributed by atoms with E-state index in [0.29, 0.717) is 17.0 Å². The van der Waals surface area contributed by atoms with E-state index in [2.05, 4.69) is 15.2 Å². The second-order valence-corrected chi connectivity index (χ2v) is 7.90. The lowest BCUT2D eigenvalue weighted by Gasteiger charge is -2.36. The first kappa shape index (κ1) is 21.1. The molecule has 0 atom stereocenters. The van der Waals surface area contributed by atoms with Crippen LogP contribution in [-0.2, 0) is 0 Å². The monoisotopic (exact) mass is 428 g/mol. The molecule has 164 valence electrons. The molecule has 1 aliphatic rings. The zero-order chi connectivity index (χ0) is 22.0. The molecule has 2 heterocycles. The second kappa shape index (κ2) is 8.91. The highest BCUT2D eigenvalue weighted by atomic mass is 19.3. The molecule has 31 heavy (non-hydrogen) atoms. The van der Waals surface area contributed by atoms with E-state index in [1.807, 2.05) is 19.2 Å². The molecular formula is C23H26F2N4O2. The van der Waals surface area contributed by atoms with Crippen molar-refractivity contribution >= 4 is 17.4 Å².